The smallest absolute Gasteiger partial charge is 0.234 e. The second kappa shape index (κ2) is 7.23. The fourth-order valence-corrected chi connectivity index (χ4v) is 6.55. The Morgan fingerprint density at radius 1 is 1.39 bits per heavy atom. The van der Waals surface area contributed by atoms with Crippen molar-refractivity contribution in [3.8, 4) is 0 Å². The number of sulfone groups is 2. The highest BCUT2D eigenvalue weighted by Crippen LogP contribution is 2.24. The van der Waals surface area contributed by atoms with Gasteiger partial charge in [0.15, 0.2) is 19.7 Å². The molecule has 0 saturated carbocycles. The van der Waals surface area contributed by atoms with Crippen molar-refractivity contribution in [2.75, 3.05) is 28.8 Å². The first-order valence-electron chi connectivity index (χ1n) is 7.01. The number of amides is 1. The van der Waals surface area contributed by atoms with E-state index in [0.717, 1.165) is 6.26 Å². The van der Waals surface area contributed by atoms with Crippen LogP contribution >= 0.6 is 11.8 Å². The molecule has 0 aromatic heterocycles. The third-order valence-corrected chi connectivity index (χ3v) is 7.42. The minimum atomic E-state index is -3.13. The Balaban J connectivity index is 1.87. The lowest BCUT2D eigenvalue weighted by atomic mass is 10.2. The molecule has 1 amide bonds. The highest BCUT2D eigenvalue weighted by atomic mass is 32.2. The van der Waals surface area contributed by atoms with Crippen molar-refractivity contribution in [3.05, 3.63) is 29.8 Å². The summed E-state index contributed by atoms with van der Waals surface area (Å²) in [4.78, 5) is 11.9. The van der Waals surface area contributed by atoms with Crippen molar-refractivity contribution >= 4 is 43.0 Å². The van der Waals surface area contributed by atoms with Gasteiger partial charge in [0, 0.05) is 17.2 Å². The van der Waals surface area contributed by atoms with Gasteiger partial charge in [-0.1, -0.05) is 12.1 Å². The van der Waals surface area contributed by atoms with Crippen molar-refractivity contribution in [1.29, 1.82) is 0 Å². The molecule has 0 spiro atoms. The normalized spacial score (nSPS) is 20.3. The van der Waals surface area contributed by atoms with E-state index in [2.05, 4.69) is 5.32 Å². The van der Waals surface area contributed by atoms with E-state index in [4.69, 9.17) is 0 Å². The van der Waals surface area contributed by atoms with Gasteiger partial charge in [-0.05, 0) is 24.1 Å². The topological polar surface area (TPSA) is 97.4 Å². The number of rotatable bonds is 6. The van der Waals surface area contributed by atoms with Gasteiger partial charge in [0.2, 0.25) is 5.91 Å². The molecule has 6 nitrogen and oxygen atoms in total. The monoisotopic (exact) mass is 377 g/mol. The van der Waals surface area contributed by atoms with Crippen LogP contribution in [0.5, 0.6) is 0 Å². The zero-order chi connectivity index (χ0) is 17.1. The zero-order valence-electron chi connectivity index (χ0n) is 12.7. The highest BCUT2D eigenvalue weighted by Gasteiger charge is 2.28. The maximum atomic E-state index is 11.9. The van der Waals surface area contributed by atoms with E-state index in [9.17, 15) is 21.6 Å². The first-order chi connectivity index (χ1) is 10.6. The lowest BCUT2D eigenvalue weighted by Crippen LogP contribution is -2.17. The van der Waals surface area contributed by atoms with Crippen molar-refractivity contribution < 1.29 is 21.6 Å². The molecule has 1 fully saturated rings. The molecule has 0 radical (unpaired) electrons. The summed E-state index contributed by atoms with van der Waals surface area (Å²) in [7, 11) is -6.06. The Kier molecular flexibility index (Phi) is 5.74. The molecule has 1 saturated heterocycles. The molecule has 1 aliphatic rings. The van der Waals surface area contributed by atoms with Gasteiger partial charge in [-0.2, -0.15) is 0 Å². The Morgan fingerprint density at radius 2 is 2.13 bits per heavy atom. The van der Waals surface area contributed by atoms with E-state index >= 15 is 0 Å². The summed E-state index contributed by atoms with van der Waals surface area (Å²) in [6.07, 6.45) is 1.74. The van der Waals surface area contributed by atoms with Crippen LogP contribution in [0.15, 0.2) is 24.3 Å². The fourth-order valence-electron chi connectivity index (χ4n) is 2.32. The van der Waals surface area contributed by atoms with Crippen LogP contribution in [0.1, 0.15) is 12.0 Å². The third kappa shape index (κ3) is 6.52. The molecule has 1 N–H and O–H groups in total. The van der Waals surface area contributed by atoms with Crippen LogP contribution in [-0.2, 0) is 30.2 Å². The number of carbonyl (C=O) groups is 1. The van der Waals surface area contributed by atoms with Crippen LogP contribution in [-0.4, -0.2) is 51.5 Å². The molecule has 23 heavy (non-hydrogen) atoms. The van der Waals surface area contributed by atoms with Gasteiger partial charge in [-0.15, -0.1) is 11.8 Å². The van der Waals surface area contributed by atoms with Crippen molar-refractivity contribution in [1.82, 2.24) is 0 Å². The first kappa shape index (κ1) is 18.3. The van der Waals surface area contributed by atoms with E-state index in [1.165, 1.54) is 11.8 Å². The average Bonchev–Trinajstić information content (AvgIpc) is 2.74. The van der Waals surface area contributed by atoms with Crippen LogP contribution in [0.2, 0.25) is 0 Å². The number of hydrogen-bond acceptors (Lipinski definition) is 6. The lowest BCUT2D eigenvalue weighted by Gasteiger charge is -2.09. The van der Waals surface area contributed by atoms with Crippen LogP contribution in [0.4, 0.5) is 5.69 Å². The van der Waals surface area contributed by atoms with Gasteiger partial charge in [-0.3, -0.25) is 4.79 Å². The largest absolute Gasteiger partial charge is 0.325 e. The zero-order valence-corrected chi connectivity index (χ0v) is 15.1. The molecule has 1 unspecified atom stereocenters. The van der Waals surface area contributed by atoms with Gasteiger partial charge in [0.25, 0.3) is 0 Å². The van der Waals surface area contributed by atoms with E-state index in [0.29, 0.717) is 17.7 Å². The second-order valence-corrected chi connectivity index (χ2v) is 11.3. The SMILES string of the molecule is CS(=O)(=O)Cc1cccc(NC(=O)CSC2CCS(=O)(=O)C2)c1. The average molecular weight is 378 g/mol. The predicted octanol–water partition coefficient (Wildman–Crippen LogP) is 1.09. The first-order valence-corrected chi connectivity index (χ1v) is 11.9. The Bertz CT molecular complexity index is 786. The molecule has 1 heterocycles. The third-order valence-electron chi connectivity index (χ3n) is 3.28. The maximum absolute atomic E-state index is 11.9. The van der Waals surface area contributed by atoms with E-state index in [-0.39, 0.29) is 34.2 Å². The quantitative estimate of drug-likeness (QED) is 0.797. The lowest BCUT2D eigenvalue weighted by molar-refractivity contribution is -0.113. The molecule has 0 bridgehead atoms. The molecular weight excluding hydrogens is 358 g/mol. The van der Waals surface area contributed by atoms with Crippen LogP contribution in [0, 0.1) is 0 Å². The van der Waals surface area contributed by atoms with Crippen molar-refractivity contribution in [2.45, 2.75) is 17.4 Å². The molecule has 1 aliphatic heterocycles. The molecule has 1 atom stereocenters. The van der Waals surface area contributed by atoms with Crippen molar-refractivity contribution in [2.24, 2.45) is 0 Å². The van der Waals surface area contributed by atoms with Crippen LogP contribution in [0.3, 0.4) is 0 Å². The summed E-state index contributed by atoms with van der Waals surface area (Å²) in [5, 5.41) is 2.68. The summed E-state index contributed by atoms with van der Waals surface area (Å²) < 4.78 is 45.3. The number of anilines is 1. The van der Waals surface area contributed by atoms with Crippen LogP contribution < -0.4 is 5.32 Å². The van der Waals surface area contributed by atoms with E-state index in [1.807, 2.05) is 0 Å². The minimum absolute atomic E-state index is 0.0256. The summed E-state index contributed by atoms with van der Waals surface area (Å²) in [5.41, 5.74) is 1.15. The van der Waals surface area contributed by atoms with Gasteiger partial charge >= 0.3 is 0 Å². The Morgan fingerprint density at radius 3 is 2.74 bits per heavy atom. The minimum Gasteiger partial charge on any atom is -0.325 e. The van der Waals surface area contributed by atoms with Gasteiger partial charge in [0.05, 0.1) is 23.0 Å². The molecule has 2 rings (SSSR count). The summed E-state index contributed by atoms with van der Waals surface area (Å²) in [6.45, 7) is 0. The summed E-state index contributed by atoms with van der Waals surface area (Å²) >= 11 is 1.34. The molecule has 0 aliphatic carbocycles. The van der Waals surface area contributed by atoms with E-state index in [1.54, 1.807) is 24.3 Å². The second-order valence-electron chi connectivity index (χ2n) is 5.65. The molecule has 1 aromatic rings. The predicted molar refractivity (Wildman–Crippen MR) is 93.1 cm³/mol. The maximum Gasteiger partial charge on any atom is 0.234 e. The summed E-state index contributed by atoms with van der Waals surface area (Å²) in [6, 6.07) is 6.69. The molecule has 1 aromatic carbocycles. The molecule has 9 heteroatoms. The molecule has 128 valence electrons. The number of hydrogen-bond donors (Lipinski definition) is 1. The number of carbonyl (C=O) groups excluding carboxylic acids is 1. The van der Waals surface area contributed by atoms with Crippen molar-refractivity contribution in [3.63, 3.8) is 0 Å². The number of benzene rings is 1. The number of nitrogens with one attached hydrogen (secondary N) is 1. The number of thioether (sulfide) groups is 1. The standard InChI is InChI=1S/C14H19NO5S3/c1-22(17,18)9-11-3-2-4-12(7-11)15-14(16)8-21-13-5-6-23(19,20)10-13/h2-4,7,13H,5-6,8-10H2,1H3,(H,15,16). The van der Waals surface area contributed by atoms with Gasteiger partial charge in [0.1, 0.15) is 0 Å². The highest BCUT2D eigenvalue weighted by molar-refractivity contribution is 8.02. The van der Waals surface area contributed by atoms with E-state index < -0.39 is 19.7 Å². The Labute approximate surface area is 140 Å². The summed E-state index contributed by atoms with van der Waals surface area (Å²) in [5.74, 6) is 0.201. The fraction of sp³-hybridized carbons (Fsp3) is 0.500. The van der Waals surface area contributed by atoms with Gasteiger partial charge < -0.3 is 5.32 Å². The molecular formula is C14H19NO5S3. The van der Waals surface area contributed by atoms with Crippen LogP contribution in [0.25, 0.3) is 0 Å². The van der Waals surface area contributed by atoms with Gasteiger partial charge in [-0.25, -0.2) is 16.8 Å². The Hall–Kier alpha value is -1.06.